The van der Waals surface area contributed by atoms with E-state index in [1.165, 1.54) is 0 Å². The van der Waals surface area contributed by atoms with E-state index in [0.29, 0.717) is 10.7 Å². The molecule has 1 aromatic carbocycles. The molecule has 1 aliphatic rings. The molecule has 2 aromatic rings. The largest absolute Gasteiger partial charge is 0.322 e. The summed E-state index contributed by atoms with van der Waals surface area (Å²) < 4.78 is 1.03. The molecule has 1 amide bonds. The third kappa shape index (κ3) is 2.20. The van der Waals surface area contributed by atoms with Gasteiger partial charge in [0.1, 0.15) is 5.52 Å². The summed E-state index contributed by atoms with van der Waals surface area (Å²) in [5.41, 5.74) is 2.84. The first-order chi connectivity index (χ1) is 9.66. The molecule has 1 atom stereocenters. The molecule has 4 nitrogen and oxygen atoms in total. The quantitative estimate of drug-likeness (QED) is 0.915. The summed E-state index contributed by atoms with van der Waals surface area (Å²) >= 11 is 7.77. The summed E-state index contributed by atoms with van der Waals surface area (Å²) in [5, 5.41) is 6.81. The summed E-state index contributed by atoms with van der Waals surface area (Å²) in [7, 11) is 0. The number of nitrogens with zero attached hydrogens (tertiary/aromatic N) is 1. The Morgan fingerprint density at radius 3 is 3.15 bits per heavy atom. The first-order valence-electron chi connectivity index (χ1n) is 6.70. The van der Waals surface area contributed by atoms with E-state index in [-0.39, 0.29) is 11.3 Å². The molecule has 6 heteroatoms. The van der Waals surface area contributed by atoms with Crippen LogP contribution in [0.25, 0.3) is 10.2 Å². The standard InChI is InChI=1S/C14H16ClN3OS/c1-2-14(5-6-16-7-14)13(19)18-11-9(15)3-4-10-12(11)17-8-20-10/h3-4,8,16H,2,5-7H2,1H3,(H,18,19). The van der Waals surface area contributed by atoms with Gasteiger partial charge in [-0.05, 0) is 31.5 Å². The number of thiazole rings is 1. The van der Waals surface area contributed by atoms with Crippen molar-refractivity contribution in [3.8, 4) is 0 Å². The Bertz CT molecular complexity index is 649. The average Bonchev–Trinajstić information content (AvgIpc) is 3.10. The third-order valence-corrected chi connectivity index (χ3v) is 5.20. The van der Waals surface area contributed by atoms with Crippen molar-refractivity contribution in [2.45, 2.75) is 19.8 Å². The van der Waals surface area contributed by atoms with E-state index in [1.807, 2.05) is 12.1 Å². The number of carbonyl (C=O) groups is 1. The van der Waals surface area contributed by atoms with Gasteiger partial charge in [-0.2, -0.15) is 0 Å². The van der Waals surface area contributed by atoms with Crippen LogP contribution in [0.1, 0.15) is 19.8 Å². The highest BCUT2D eigenvalue weighted by Crippen LogP contribution is 2.36. The monoisotopic (exact) mass is 309 g/mol. The van der Waals surface area contributed by atoms with Crippen molar-refractivity contribution >= 4 is 44.7 Å². The highest BCUT2D eigenvalue weighted by Gasteiger charge is 2.39. The van der Waals surface area contributed by atoms with Crippen LogP contribution in [0.2, 0.25) is 5.02 Å². The number of aromatic nitrogens is 1. The van der Waals surface area contributed by atoms with Crippen molar-refractivity contribution in [2.75, 3.05) is 18.4 Å². The van der Waals surface area contributed by atoms with Gasteiger partial charge in [0.2, 0.25) is 5.91 Å². The third-order valence-electron chi connectivity index (χ3n) is 4.09. The smallest absolute Gasteiger partial charge is 0.232 e. The molecular weight excluding hydrogens is 294 g/mol. The molecule has 0 radical (unpaired) electrons. The Labute approximate surface area is 126 Å². The Hall–Kier alpha value is -1.17. The molecular formula is C14H16ClN3OS. The second-order valence-corrected chi connectivity index (χ2v) is 6.43. The first-order valence-corrected chi connectivity index (χ1v) is 7.96. The molecule has 1 unspecified atom stereocenters. The fourth-order valence-corrected chi connectivity index (χ4v) is 3.56. The van der Waals surface area contributed by atoms with Crippen LogP contribution in [0, 0.1) is 5.41 Å². The maximum absolute atomic E-state index is 12.7. The Kier molecular flexibility index (Phi) is 3.67. The van der Waals surface area contributed by atoms with Gasteiger partial charge in [-0.25, -0.2) is 4.98 Å². The number of anilines is 1. The number of carbonyl (C=O) groups excluding carboxylic acids is 1. The van der Waals surface area contributed by atoms with E-state index in [1.54, 1.807) is 16.8 Å². The number of fused-ring (bicyclic) bond motifs is 1. The number of rotatable bonds is 3. The van der Waals surface area contributed by atoms with Crippen LogP contribution in [0.15, 0.2) is 17.6 Å². The van der Waals surface area contributed by atoms with Crippen molar-refractivity contribution in [2.24, 2.45) is 5.41 Å². The maximum atomic E-state index is 12.7. The number of amides is 1. The minimum atomic E-state index is -0.332. The van der Waals surface area contributed by atoms with Crippen molar-refractivity contribution in [3.05, 3.63) is 22.7 Å². The number of benzene rings is 1. The predicted molar refractivity (Wildman–Crippen MR) is 83.5 cm³/mol. The molecule has 0 bridgehead atoms. The molecule has 1 aromatic heterocycles. The summed E-state index contributed by atoms with van der Waals surface area (Å²) in [6, 6.07) is 3.74. The van der Waals surface area contributed by atoms with Crippen LogP contribution in [-0.4, -0.2) is 24.0 Å². The van der Waals surface area contributed by atoms with Gasteiger partial charge < -0.3 is 10.6 Å². The van der Waals surface area contributed by atoms with Crippen molar-refractivity contribution in [1.29, 1.82) is 0 Å². The Morgan fingerprint density at radius 2 is 2.45 bits per heavy atom. The number of hydrogen-bond acceptors (Lipinski definition) is 4. The lowest BCUT2D eigenvalue weighted by molar-refractivity contribution is -0.124. The number of nitrogens with one attached hydrogen (secondary N) is 2. The summed E-state index contributed by atoms with van der Waals surface area (Å²) in [5.74, 6) is 0.0346. The summed E-state index contributed by atoms with van der Waals surface area (Å²) in [4.78, 5) is 17.0. The lowest BCUT2D eigenvalue weighted by Crippen LogP contribution is -2.37. The number of hydrogen-bond donors (Lipinski definition) is 2. The summed E-state index contributed by atoms with van der Waals surface area (Å²) in [6.45, 7) is 3.66. The number of halogens is 1. The molecule has 106 valence electrons. The highest BCUT2D eigenvalue weighted by atomic mass is 35.5. The van der Waals surface area contributed by atoms with Crippen LogP contribution >= 0.6 is 22.9 Å². The van der Waals surface area contributed by atoms with Crippen LogP contribution in [0.3, 0.4) is 0 Å². The minimum Gasteiger partial charge on any atom is -0.322 e. The van der Waals surface area contributed by atoms with Crippen molar-refractivity contribution < 1.29 is 4.79 Å². The zero-order chi connectivity index (χ0) is 14.2. The summed E-state index contributed by atoms with van der Waals surface area (Å²) in [6.07, 6.45) is 1.68. The molecule has 20 heavy (non-hydrogen) atoms. The van der Waals surface area contributed by atoms with E-state index in [4.69, 9.17) is 11.6 Å². The Morgan fingerprint density at radius 1 is 1.60 bits per heavy atom. The molecule has 2 N–H and O–H groups in total. The van der Waals surface area contributed by atoms with Gasteiger partial charge >= 0.3 is 0 Å². The van der Waals surface area contributed by atoms with E-state index in [0.717, 1.165) is 36.1 Å². The van der Waals surface area contributed by atoms with Crippen LogP contribution < -0.4 is 10.6 Å². The lowest BCUT2D eigenvalue weighted by Gasteiger charge is -2.25. The maximum Gasteiger partial charge on any atom is 0.232 e. The van der Waals surface area contributed by atoms with Crippen LogP contribution in [0.5, 0.6) is 0 Å². The highest BCUT2D eigenvalue weighted by molar-refractivity contribution is 7.16. The van der Waals surface area contributed by atoms with Gasteiger partial charge in [0.05, 0.1) is 26.3 Å². The molecule has 0 spiro atoms. The van der Waals surface area contributed by atoms with Gasteiger partial charge in [0, 0.05) is 6.54 Å². The SMILES string of the molecule is CCC1(C(=O)Nc2c(Cl)ccc3scnc23)CCNC1. The van der Waals surface area contributed by atoms with Gasteiger partial charge in [-0.1, -0.05) is 18.5 Å². The zero-order valence-corrected chi connectivity index (χ0v) is 12.8. The molecule has 3 rings (SSSR count). The lowest BCUT2D eigenvalue weighted by atomic mass is 9.83. The van der Waals surface area contributed by atoms with Crippen LogP contribution in [0.4, 0.5) is 5.69 Å². The van der Waals surface area contributed by atoms with E-state index in [2.05, 4.69) is 22.5 Å². The van der Waals surface area contributed by atoms with E-state index < -0.39 is 0 Å². The fourth-order valence-electron chi connectivity index (χ4n) is 2.67. The normalized spacial score (nSPS) is 22.3. The predicted octanol–water partition coefficient (Wildman–Crippen LogP) is 3.28. The van der Waals surface area contributed by atoms with E-state index in [9.17, 15) is 4.79 Å². The second-order valence-electron chi connectivity index (χ2n) is 5.14. The molecule has 2 heterocycles. The second kappa shape index (κ2) is 5.31. The molecule has 1 fully saturated rings. The van der Waals surface area contributed by atoms with Crippen molar-refractivity contribution in [3.63, 3.8) is 0 Å². The van der Waals surface area contributed by atoms with E-state index >= 15 is 0 Å². The molecule has 1 aliphatic heterocycles. The zero-order valence-electron chi connectivity index (χ0n) is 11.2. The average molecular weight is 310 g/mol. The Balaban J connectivity index is 1.95. The van der Waals surface area contributed by atoms with Gasteiger partial charge in [0.15, 0.2) is 0 Å². The topological polar surface area (TPSA) is 54.0 Å². The molecule has 1 saturated heterocycles. The molecule has 0 aliphatic carbocycles. The van der Waals surface area contributed by atoms with Crippen molar-refractivity contribution in [1.82, 2.24) is 10.3 Å². The van der Waals surface area contributed by atoms with Gasteiger partial charge in [0.25, 0.3) is 0 Å². The minimum absolute atomic E-state index is 0.0346. The molecule has 0 saturated carbocycles. The van der Waals surface area contributed by atoms with Gasteiger partial charge in [-0.3, -0.25) is 4.79 Å². The van der Waals surface area contributed by atoms with Gasteiger partial charge in [-0.15, -0.1) is 11.3 Å². The van der Waals surface area contributed by atoms with Crippen LogP contribution in [-0.2, 0) is 4.79 Å². The first kappa shape index (κ1) is 13.8. The fraction of sp³-hybridized carbons (Fsp3) is 0.429.